The zero-order valence-corrected chi connectivity index (χ0v) is 42.3. The lowest BCUT2D eigenvalue weighted by Crippen LogP contribution is -2.45. The monoisotopic (exact) mass is 888 g/mol. The van der Waals surface area contributed by atoms with Crippen molar-refractivity contribution in [2.24, 2.45) is 0 Å². The van der Waals surface area contributed by atoms with E-state index in [0.717, 1.165) is 70.6 Å². The fourth-order valence-electron chi connectivity index (χ4n) is 8.69. The van der Waals surface area contributed by atoms with Crippen molar-refractivity contribution in [3.8, 4) is 0 Å². The van der Waals surface area contributed by atoms with Gasteiger partial charge in [-0.25, -0.2) is 0 Å². The lowest BCUT2D eigenvalue weighted by molar-refractivity contribution is -0.143. The van der Waals surface area contributed by atoms with Crippen LogP contribution in [0.5, 0.6) is 0 Å². The molecule has 6 heteroatoms. The van der Waals surface area contributed by atoms with E-state index in [1.165, 1.54) is 199 Å². The number of rotatable bonds is 52. The summed E-state index contributed by atoms with van der Waals surface area (Å²) in [4.78, 5) is 24.5. The van der Waals surface area contributed by atoms with Gasteiger partial charge in [0.1, 0.15) is 0 Å². The number of amides is 1. The topological polar surface area (TPSA) is 95.9 Å². The van der Waals surface area contributed by atoms with Crippen molar-refractivity contribution in [1.82, 2.24) is 5.32 Å². The highest BCUT2D eigenvalue weighted by Gasteiger charge is 2.20. The first-order valence-electron chi connectivity index (χ1n) is 28.1. The van der Waals surface area contributed by atoms with Crippen LogP contribution in [0.2, 0.25) is 0 Å². The average Bonchev–Trinajstić information content (AvgIpc) is 3.28. The Labute approximate surface area is 392 Å². The van der Waals surface area contributed by atoms with E-state index < -0.39 is 12.1 Å². The number of carbonyl (C=O) groups excluding carboxylic acids is 2. The molecule has 0 saturated heterocycles. The summed E-state index contributed by atoms with van der Waals surface area (Å²) >= 11 is 0. The van der Waals surface area contributed by atoms with E-state index in [1.807, 2.05) is 0 Å². The molecule has 0 spiro atoms. The number of aliphatic hydroxyl groups excluding tert-OH is 2. The third-order valence-corrected chi connectivity index (χ3v) is 13.0. The van der Waals surface area contributed by atoms with Crippen molar-refractivity contribution in [3.05, 3.63) is 24.3 Å². The van der Waals surface area contributed by atoms with Gasteiger partial charge in [-0.2, -0.15) is 0 Å². The summed E-state index contributed by atoms with van der Waals surface area (Å²) in [5, 5.41) is 23.2. The second-order valence-corrected chi connectivity index (χ2v) is 19.3. The van der Waals surface area contributed by atoms with E-state index in [9.17, 15) is 19.8 Å². The Balaban J connectivity index is 3.46. The molecule has 0 saturated carbocycles. The molecule has 0 aliphatic rings. The molecule has 0 heterocycles. The van der Waals surface area contributed by atoms with Gasteiger partial charge in [-0.05, 0) is 57.8 Å². The minimum Gasteiger partial charge on any atom is -0.466 e. The minimum absolute atomic E-state index is 0.0110. The first-order chi connectivity index (χ1) is 31.0. The van der Waals surface area contributed by atoms with Crippen LogP contribution in [0.25, 0.3) is 0 Å². The van der Waals surface area contributed by atoms with Crippen molar-refractivity contribution in [1.29, 1.82) is 0 Å². The number of unbranched alkanes of at least 4 members (excludes halogenated alkanes) is 38. The predicted molar refractivity (Wildman–Crippen MR) is 273 cm³/mol. The Morgan fingerprint density at radius 3 is 1.17 bits per heavy atom. The van der Waals surface area contributed by atoms with Gasteiger partial charge < -0.3 is 20.3 Å². The van der Waals surface area contributed by atoms with Crippen LogP contribution < -0.4 is 5.32 Å². The number of esters is 1. The Hall–Kier alpha value is -1.66. The molecule has 0 aromatic rings. The molecule has 0 radical (unpaired) electrons. The first kappa shape index (κ1) is 61.3. The van der Waals surface area contributed by atoms with Gasteiger partial charge in [0.15, 0.2) is 0 Å². The minimum atomic E-state index is -0.670. The number of nitrogens with one attached hydrogen (secondary N) is 1. The van der Waals surface area contributed by atoms with Crippen molar-refractivity contribution >= 4 is 11.9 Å². The van der Waals surface area contributed by atoms with Crippen LogP contribution in [0.15, 0.2) is 24.3 Å². The van der Waals surface area contributed by atoms with E-state index in [4.69, 9.17) is 4.74 Å². The van der Waals surface area contributed by atoms with Gasteiger partial charge in [-0.15, -0.1) is 0 Å². The van der Waals surface area contributed by atoms with Crippen molar-refractivity contribution in [2.75, 3.05) is 13.2 Å². The number of allylic oxidation sites excluding steroid dienone is 4. The molecule has 0 aliphatic carbocycles. The maximum Gasteiger partial charge on any atom is 0.305 e. The van der Waals surface area contributed by atoms with E-state index in [2.05, 4.69) is 43.5 Å². The molecule has 372 valence electrons. The second kappa shape index (κ2) is 53.0. The van der Waals surface area contributed by atoms with E-state index in [-0.39, 0.29) is 18.5 Å². The molecule has 63 heavy (non-hydrogen) atoms. The zero-order valence-electron chi connectivity index (χ0n) is 42.3. The molecule has 0 bridgehead atoms. The molecule has 0 aromatic heterocycles. The Morgan fingerprint density at radius 1 is 0.444 bits per heavy atom. The number of ether oxygens (including phenoxy) is 1. The van der Waals surface area contributed by atoms with E-state index in [0.29, 0.717) is 25.9 Å². The summed E-state index contributed by atoms with van der Waals surface area (Å²) in [5.41, 5.74) is 0. The van der Waals surface area contributed by atoms with Crippen LogP contribution in [0, 0.1) is 0 Å². The Bertz CT molecular complexity index is 982. The molecule has 1 amide bonds. The summed E-state index contributed by atoms with van der Waals surface area (Å²) in [5.74, 6) is -0.0555. The molecule has 0 fully saturated rings. The van der Waals surface area contributed by atoms with Crippen LogP contribution >= 0.6 is 0 Å². The highest BCUT2D eigenvalue weighted by Crippen LogP contribution is 2.17. The number of aliphatic hydroxyl groups is 2. The lowest BCUT2D eigenvalue weighted by atomic mass is 10.0. The van der Waals surface area contributed by atoms with Crippen LogP contribution in [-0.4, -0.2) is 47.4 Å². The Kier molecular flexibility index (Phi) is 51.6. The standard InChI is InChI=1S/C57H109NO5/c1-3-5-7-9-11-13-15-17-27-31-35-39-43-47-51-57(62)63-52-48-44-40-36-32-28-24-22-20-18-19-21-23-26-30-34-38-42-46-50-56(61)58-54(53-59)55(60)49-45-41-37-33-29-25-16-14-12-10-8-6-4-2/h22,24,28,32,54-55,59-60H,3-21,23,25-27,29-31,33-53H2,1-2H3,(H,58,61)/b24-22-,32-28-. The van der Waals surface area contributed by atoms with Gasteiger partial charge in [-0.3, -0.25) is 9.59 Å². The third-order valence-electron chi connectivity index (χ3n) is 13.0. The van der Waals surface area contributed by atoms with Gasteiger partial charge in [0.05, 0.1) is 25.4 Å². The SMILES string of the molecule is CCCCCCCCCCCCCCCCC(=O)OCCCCC/C=C\C=C/CCCCCCCCCCCCC(=O)NC(CO)C(O)CCCCCCCCCCCCCCC. The van der Waals surface area contributed by atoms with Gasteiger partial charge in [0, 0.05) is 12.8 Å². The number of hydrogen-bond acceptors (Lipinski definition) is 5. The second-order valence-electron chi connectivity index (χ2n) is 19.3. The van der Waals surface area contributed by atoms with E-state index >= 15 is 0 Å². The third kappa shape index (κ3) is 49.6. The van der Waals surface area contributed by atoms with Gasteiger partial charge in [0.2, 0.25) is 5.91 Å². The maximum atomic E-state index is 12.4. The zero-order chi connectivity index (χ0) is 45.8. The van der Waals surface area contributed by atoms with Crippen LogP contribution in [0.4, 0.5) is 0 Å². The maximum absolute atomic E-state index is 12.4. The van der Waals surface area contributed by atoms with Crippen LogP contribution in [0.1, 0.15) is 303 Å². The van der Waals surface area contributed by atoms with Gasteiger partial charge in [0.25, 0.3) is 0 Å². The average molecular weight is 889 g/mol. The highest BCUT2D eigenvalue weighted by atomic mass is 16.5. The highest BCUT2D eigenvalue weighted by molar-refractivity contribution is 5.76. The van der Waals surface area contributed by atoms with Crippen molar-refractivity contribution < 1.29 is 24.5 Å². The summed E-state index contributed by atoms with van der Waals surface area (Å²) in [7, 11) is 0. The summed E-state index contributed by atoms with van der Waals surface area (Å²) in [6.07, 6.45) is 63.1. The molecular weight excluding hydrogens is 779 g/mol. The lowest BCUT2D eigenvalue weighted by Gasteiger charge is -2.22. The van der Waals surface area contributed by atoms with Crippen LogP contribution in [-0.2, 0) is 14.3 Å². The first-order valence-corrected chi connectivity index (χ1v) is 28.1. The molecule has 0 aliphatic heterocycles. The predicted octanol–water partition coefficient (Wildman–Crippen LogP) is 17.1. The molecule has 0 rings (SSSR count). The molecule has 2 atom stereocenters. The van der Waals surface area contributed by atoms with Crippen molar-refractivity contribution in [3.63, 3.8) is 0 Å². The number of carbonyl (C=O) groups is 2. The molecular formula is C57H109NO5. The van der Waals surface area contributed by atoms with E-state index in [1.54, 1.807) is 0 Å². The normalized spacial score (nSPS) is 12.8. The van der Waals surface area contributed by atoms with Crippen LogP contribution in [0.3, 0.4) is 0 Å². The van der Waals surface area contributed by atoms with Crippen molar-refractivity contribution in [2.45, 2.75) is 315 Å². The summed E-state index contributed by atoms with van der Waals surface area (Å²) < 4.78 is 5.45. The summed E-state index contributed by atoms with van der Waals surface area (Å²) in [6.45, 7) is 4.92. The van der Waals surface area contributed by atoms with Gasteiger partial charge >= 0.3 is 5.97 Å². The Morgan fingerprint density at radius 2 is 0.778 bits per heavy atom. The molecule has 6 nitrogen and oxygen atoms in total. The quantitative estimate of drug-likeness (QED) is 0.0321. The fraction of sp³-hybridized carbons (Fsp3) is 0.895. The fourth-order valence-corrected chi connectivity index (χ4v) is 8.69. The summed E-state index contributed by atoms with van der Waals surface area (Å²) in [6, 6.07) is -0.548. The number of hydrogen-bond donors (Lipinski definition) is 3. The smallest absolute Gasteiger partial charge is 0.305 e. The largest absolute Gasteiger partial charge is 0.466 e. The van der Waals surface area contributed by atoms with Gasteiger partial charge in [-0.1, -0.05) is 256 Å². The molecule has 3 N–H and O–H groups in total. The molecule has 0 aromatic carbocycles. The molecule has 2 unspecified atom stereocenters.